The smallest absolute Gasteiger partial charge is 0.331 e. The van der Waals surface area contributed by atoms with Crippen molar-refractivity contribution < 1.29 is 14.3 Å². The molecule has 0 radical (unpaired) electrons. The van der Waals surface area contributed by atoms with E-state index in [2.05, 4.69) is 15.0 Å². The van der Waals surface area contributed by atoms with E-state index in [1.165, 1.54) is 24.8 Å². The van der Waals surface area contributed by atoms with E-state index in [1.54, 1.807) is 51.1 Å². The molecular formula is C26H26N6O3S. The van der Waals surface area contributed by atoms with Crippen LogP contribution in [0.3, 0.4) is 0 Å². The first-order valence-corrected chi connectivity index (χ1v) is 11.9. The van der Waals surface area contributed by atoms with Crippen molar-refractivity contribution in [3.05, 3.63) is 65.0 Å². The molecule has 0 aliphatic heterocycles. The predicted molar refractivity (Wildman–Crippen MR) is 140 cm³/mol. The van der Waals surface area contributed by atoms with Crippen LogP contribution in [0.1, 0.15) is 55.0 Å². The van der Waals surface area contributed by atoms with Gasteiger partial charge in [0.15, 0.2) is 10.9 Å². The third-order valence-electron chi connectivity index (χ3n) is 4.72. The van der Waals surface area contributed by atoms with Crippen LogP contribution >= 0.6 is 11.8 Å². The molecule has 2 heterocycles. The number of benzene rings is 1. The number of hydrogen-bond donors (Lipinski definition) is 2. The molecule has 184 valence electrons. The molecule has 0 aliphatic carbocycles. The van der Waals surface area contributed by atoms with Crippen molar-refractivity contribution in [3.8, 4) is 17.3 Å². The van der Waals surface area contributed by atoms with Gasteiger partial charge < -0.3 is 16.2 Å². The molecule has 3 rings (SSSR count). The molecule has 0 aliphatic rings. The lowest BCUT2D eigenvalue weighted by Crippen LogP contribution is -2.22. The Balaban J connectivity index is 1.82. The molecule has 0 unspecified atom stereocenters. The van der Waals surface area contributed by atoms with Crippen LogP contribution in [0.15, 0.2) is 47.6 Å². The zero-order valence-corrected chi connectivity index (χ0v) is 21.2. The summed E-state index contributed by atoms with van der Waals surface area (Å²) in [5, 5.41) is 9.96. The van der Waals surface area contributed by atoms with Gasteiger partial charge in [0, 0.05) is 28.6 Å². The van der Waals surface area contributed by atoms with Gasteiger partial charge in [-0.1, -0.05) is 23.9 Å². The van der Waals surface area contributed by atoms with Gasteiger partial charge in [-0.15, -0.1) is 0 Å². The van der Waals surface area contributed by atoms with E-state index in [0.717, 1.165) is 5.69 Å². The minimum absolute atomic E-state index is 0.0297. The van der Waals surface area contributed by atoms with Gasteiger partial charge in [0.2, 0.25) is 0 Å². The highest BCUT2D eigenvalue weighted by atomic mass is 32.2. The number of carbonyl (C=O) groups is 2. The first-order chi connectivity index (χ1) is 17.0. The minimum atomic E-state index is -0.574. The maximum Gasteiger partial charge on any atom is 0.331 e. The summed E-state index contributed by atoms with van der Waals surface area (Å²) in [5.74, 6) is -0.129. The summed E-state index contributed by atoms with van der Waals surface area (Å²) < 4.78 is 5.26. The summed E-state index contributed by atoms with van der Waals surface area (Å²) in [6.07, 6.45) is 2.92. The van der Waals surface area contributed by atoms with Crippen molar-refractivity contribution in [3.63, 3.8) is 0 Å². The Labute approximate surface area is 213 Å². The monoisotopic (exact) mass is 502 g/mol. The van der Waals surface area contributed by atoms with Crippen LogP contribution in [-0.2, 0) is 15.3 Å². The number of pyridine rings is 1. The molecule has 2 aromatic heterocycles. The Hall–Kier alpha value is -4.23. The highest BCUT2D eigenvalue weighted by Crippen LogP contribution is 2.32. The first-order valence-electron chi connectivity index (χ1n) is 10.9. The van der Waals surface area contributed by atoms with Crippen LogP contribution in [0, 0.1) is 11.3 Å². The molecule has 0 bridgehead atoms. The summed E-state index contributed by atoms with van der Waals surface area (Å²) in [5.41, 5.74) is 14.6. The number of hydrogen-bond acceptors (Lipinski definition) is 10. The maximum absolute atomic E-state index is 11.9. The molecule has 0 fully saturated rings. The van der Waals surface area contributed by atoms with E-state index in [-0.39, 0.29) is 17.2 Å². The first kappa shape index (κ1) is 26.4. The van der Waals surface area contributed by atoms with Gasteiger partial charge in [-0.05, 0) is 58.0 Å². The van der Waals surface area contributed by atoms with E-state index in [4.69, 9.17) is 16.2 Å². The molecule has 4 N–H and O–H groups in total. The van der Waals surface area contributed by atoms with Crippen molar-refractivity contribution in [1.29, 1.82) is 5.26 Å². The number of Topliss-reactive ketones (excluding diaryl/α,β-unsaturated/α-hetero) is 1. The molecule has 10 heteroatoms. The van der Waals surface area contributed by atoms with Crippen molar-refractivity contribution in [1.82, 2.24) is 15.0 Å². The van der Waals surface area contributed by atoms with Crippen molar-refractivity contribution in [2.75, 3.05) is 11.5 Å². The number of rotatable bonds is 7. The normalized spacial score (nSPS) is 11.3. The van der Waals surface area contributed by atoms with Crippen molar-refractivity contribution in [2.45, 2.75) is 44.2 Å². The summed E-state index contributed by atoms with van der Waals surface area (Å²) in [7, 11) is 0. The number of ether oxygens (including phenoxy) is 1. The number of nitriles is 1. The molecule has 0 amide bonds. The highest BCUT2D eigenvalue weighted by Gasteiger charge is 2.18. The molecule has 9 nitrogen and oxygen atoms in total. The molecule has 0 spiro atoms. The van der Waals surface area contributed by atoms with E-state index in [0.29, 0.717) is 39.1 Å². The molecule has 36 heavy (non-hydrogen) atoms. The largest absolute Gasteiger partial charge is 0.457 e. The van der Waals surface area contributed by atoms with E-state index in [9.17, 15) is 14.9 Å². The number of esters is 1. The zero-order chi connectivity index (χ0) is 26.5. The number of nitrogen functional groups attached to an aromatic ring is 2. The van der Waals surface area contributed by atoms with Crippen LogP contribution in [0.5, 0.6) is 0 Å². The van der Waals surface area contributed by atoms with E-state index >= 15 is 0 Å². The average molecular weight is 503 g/mol. The Kier molecular flexibility index (Phi) is 8.07. The minimum Gasteiger partial charge on any atom is -0.457 e. The van der Waals surface area contributed by atoms with Gasteiger partial charge in [-0.25, -0.2) is 14.8 Å². The fourth-order valence-corrected chi connectivity index (χ4v) is 3.88. The van der Waals surface area contributed by atoms with E-state index in [1.807, 2.05) is 18.2 Å². The van der Waals surface area contributed by atoms with Crippen LogP contribution in [0.2, 0.25) is 0 Å². The number of carbonyl (C=O) groups excluding carboxylic acids is 2. The lowest BCUT2D eigenvalue weighted by molar-refractivity contribution is -0.148. The van der Waals surface area contributed by atoms with Crippen LogP contribution in [0.4, 0.5) is 11.5 Å². The summed E-state index contributed by atoms with van der Waals surface area (Å²) in [6, 6.07) is 12.3. The number of thioether (sulfide) groups is 1. The maximum atomic E-state index is 11.9. The standard InChI is InChI=1S/C26H26N6O3S/c1-15(33)16-8-10-19(21(28)12-16)23-20(13-27)24(29)32-25(31-23)36-14-18-7-5-6-17(30-18)9-11-22(34)35-26(2,3)4/h5-12H,14,28H2,1-4H3,(H2,29,31,32). The molecule has 3 aromatic rings. The van der Waals surface area contributed by atoms with Gasteiger partial charge in [0.05, 0.1) is 17.1 Å². The fraction of sp³-hybridized carbons (Fsp3) is 0.231. The fourth-order valence-electron chi connectivity index (χ4n) is 3.12. The van der Waals surface area contributed by atoms with Crippen molar-refractivity contribution in [2.24, 2.45) is 0 Å². The van der Waals surface area contributed by atoms with Gasteiger partial charge in [0.25, 0.3) is 0 Å². The third-order valence-corrected chi connectivity index (χ3v) is 5.60. The van der Waals surface area contributed by atoms with Crippen molar-refractivity contribution >= 4 is 41.1 Å². The molecule has 1 aromatic carbocycles. The summed E-state index contributed by atoms with van der Waals surface area (Å²) >= 11 is 1.29. The molecule has 0 saturated heterocycles. The number of nitrogens with two attached hydrogens (primary N) is 2. The number of aromatic nitrogens is 3. The lowest BCUT2D eigenvalue weighted by Gasteiger charge is -2.17. The van der Waals surface area contributed by atoms with Gasteiger partial charge in [-0.3, -0.25) is 9.78 Å². The molecule has 0 atom stereocenters. The predicted octanol–water partition coefficient (Wildman–Crippen LogP) is 4.42. The topological polar surface area (TPSA) is 158 Å². The molecule has 0 saturated carbocycles. The average Bonchev–Trinajstić information content (AvgIpc) is 2.80. The molecular weight excluding hydrogens is 476 g/mol. The SMILES string of the molecule is CC(=O)c1ccc(-c2nc(SCc3cccc(C=CC(=O)OC(C)(C)C)n3)nc(N)c2C#N)c(N)c1. The Bertz CT molecular complexity index is 1390. The zero-order valence-electron chi connectivity index (χ0n) is 20.4. The summed E-state index contributed by atoms with van der Waals surface area (Å²) in [4.78, 5) is 36.9. The third kappa shape index (κ3) is 6.90. The van der Waals surface area contributed by atoms with E-state index < -0.39 is 11.6 Å². The number of nitrogens with zero attached hydrogens (tertiary/aromatic N) is 4. The van der Waals surface area contributed by atoms with Crippen LogP contribution in [-0.4, -0.2) is 32.3 Å². The summed E-state index contributed by atoms with van der Waals surface area (Å²) in [6.45, 7) is 6.85. The Morgan fingerprint density at radius 1 is 1.14 bits per heavy atom. The number of ketones is 1. The quantitative estimate of drug-likeness (QED) is 0.118. The lowest BCUT2D eigenvalue weighted by atomic mass is 10.0. The van der Waals surface area contributed by atoms with Gasteiger partial charge in [-0.2, -0.15) is 5.26 Å². The van der Waals surface area contributed by atoms with Gasteiger partial charge >= 0.3 is 5.97 Å². The van der Waals surface area contributed by atoms with Crippen LogP contribution in [0.25, 0.3) is 17.3 Å². The second-order valence-corrected chi connectivity index (χ2v) is 9.74. The Morgan fingerprint density at radius 3 is 2.53 bits per heavy atom. The number of anilines is 2. The second kappa shape index (κ2) is 11.0. The second-order valence-electron chi connectivity index (χ2n) is 8.79. The highest BCUT2D eigenvalue weighted by molar-refractivity contribution is 7.98. The van der Waals surface area contributed by atoms with Gasteiger partial charge in [0.1, 0.15) is 23.1 Å². The van der Waals surface area contributed by atoms with Crippen LogP contribution < -0.4 is 11.5 Å². The Morgan fingerprint density at radius 2 is 1.89 bits per heavy atom.